The zero-order valence-corrected chi connectivity index (χ0v) is 14.2. The van der Waals surface area contributed by atoms with Gasteiger partial charge in [-0.3, -0.25) is 9.69 Å². The smallest absolute Gasteiger partial charge is 0.270 e. The van der Waals surface area contributed by atoms with Crippen molar-refractivity contribution in [2.24, 2.45) is 13.0 Å². The fourth-order valence-electron chi connectivity index (χ4n) is 2.51. The molecule has 0 spiro atoms. The van der Waals surface area contributed by atoms with Crippen molar-refractivity contribution in [2.75, 3.05) is 32.7 Å². The number of nitrogens with zero attached hydrogens (tertiary/aromatic N) is 3. The van der Waals surface area contributed by atoms with Gasteiger partial charge in [-0.1, -0.05) is 13.8 Å². The van der Waals surface area contributed by atoms with E-state index in [4.69, 9.17) is 0 Å². The molecule has 2 rings (SSSR count). The Morgan fingerprint density at radius 2 is 1.95 bits per heavy atom. The average Bonchev–Trinajstić information content (AvgIpc) is 2.75. The minimum absolute atomic E-state index is 0.140. The Labute approximate surface area is 129 Å². The lowest BCUT2D eigenvalue weighted by Gasteiger charge is -2.35. The number of aryl methyl sites for hydroxylation is 1. The van der Waals surface area contributed by atoms with Gasteiger partial charge in [-0.25, -0.2) is 0 Å². The maximum atomic E-state index is 12.5. The molecule has 0 aliphatic carbocycles. The molecule has 4 nitrogen and oxygen atoms in total. The molecule has 112 valence electrons. The van der Waals surface area contributed by atoms with Gasteiger partial charge in [-0.15, -0.1) is 0 Å². The normalized spacial score (nSPS) is 16.9. The third-order valence-corrected chi connectivity index (χ3v) is 4.31. The predicted octanol–water partition coefficient (Wildman–Crippen LogP) is 2.59. The van der Waals surface area contributed by atoms with Crippen LogP contribution in [0.4, 0.5) is 0 Å². The molecule has 0 saturated carbocycles. The minimum Gasteiger partial charge on any atom is -0.345 e. The largest absolute Gasteiger partial charge is 0.345 e. The molecule has 1 aliphatic rings. The van der Waals surface area contributed by atoms with Crippen LogP contribution in [0.25, 0.3) is 0 Å². The SMILES string of the molecule is CC(C)CCN1CCN(C(=O)c2cc(Br)cn2C)CC1. The molecule has 1 aromatic heterocycles. The monoisotopic (exact) mass is 341 g/mol. The fourth-order valence-corrected chi connectivity index (χ4v) is 3.04. The van der Waals surface area contributed by atoms with Crippen LogP contribution in [0, 0.1) is 5.92 Å². The van der Waals surface area contributed by atoms with Crippen molar-refractivity contribution >= 4 is 21.8 Å². The van der Waals surface area contributed by atoms with E-state index in [0.29, 0.717) is 0 Å². The summed E-state index contributed by atoms with van der Waals surface area (Å²) in [5.41, 5.74) is 0.757. The van der Waals surface area contributed by atoms with Gasteiger partial charge in [0.2, 0.25) is 0 Å². The Bertz CT molecular complexity index is 462. The number of hydrogen-bond acceptors (Lipinski definition) is 2. The first-order valence-electron chi connectivity index (χ1n) is 7.31. The van der Waals surface area contributed by atoms with Gasteiger partial charge >= 0.3 is 0 Å². The lowest BCUT2D eigenvalue weighted by atomic mass is 10.1. The van der Waals surface area contributed by atoms with Gasteiger partial charge in [-0.05, 0) is 40.9 Å². The molecule has 1 aromatic rings. The molecule has 20 heavy (non-hydrogen) atoms. The van der Waals surface area contributed by atoms with Crippen LogP contribution in [-0.4, -0.2) is 53.0 Å². The lowest BCUT2D eigenvalue weighted by Crippen LogP contribution is -2.49. The molecule has 1 aliphatic heterocycles. The van der Waals surface area contributed by atoms with Crippen LogP contribution in [0.5, 0.6) is 0 Å². The van der Waals surface area contributed by atoms with E-state index in [2.05, 4.69) is 34.7 Å². The van der Waals surface area contributed by atoms with E-state index >= 15 is 0 Å². The average molecular weight is 342 g/mol. The van der Waals surface area contributed by atoms with E-state index in [-0.39, 0.29) is 5.91 Å². The summed E-state index contributed by atoms with van der Waals surface area (Å²) in [6, 6.07) is 1.90. The number of piperazine rings is 1. The maximum Gasteiger partial charge on any atom is 0.270 e. The highest BCUT2D eigenvalue weighted by molar-refractivity contribution is 9.10. The number of aromatic nitrogens is 1. The molecule has 0 atom stereocenters. The first-order chi connectivity index (χ1) is 9.47. The second kappa shape index (κ2) is 6.76. The predicted molar refractivity (Wildman–Crippen MR) is 84.9 cm³/mol. The standard InChI is InChI=1S/C15H24BrN3O/c1-12(2)4-5-18-6-8-19(9-7-18)15(20)14-10-13(16)11-17(14)3/h10-12H,4-9H2,1-3H3. The van der Waals surface area contributed by atoms with Gasteiger partial charge in [0.1, 0.15) is 5.69 Å². The number of hydrogen-bond donors (Lipinski definition) is 0. The molecular formula is C15H24BrN3O. The van der Waals surface area contributed by atoms with Gasteiger partial charge in [-0.2, -0.15) is 0 Å². The first kappa shape index (κ1) is 15.6. The second-order valence-corrected chi connectivity index (χ2v) is 6.89. The van der Waals surface area contributed by atoms with Crippen LogP contribution < -0.4 is 0 Å². The third-order valence-electron chi connectivity index (χ3n) is 3.87. The molecule has 0 bridgehead atoms. The molecule has 1 fully saturated rings. The van der Waals surface area contributed by atoms with Crippen molar-refractivity contribution in [2.45, 2.75) is 20.3 Å². The highest BCUT2D eigenvalue weighted by atomic mass is 79.9. The van der Waals surface area contributed by atoms with Crippen LogP contribution in [0.1, 0.15) is 30.8 Å². The molecule has 5 heteroatoms. The molecular weight excluding hydrogens is 318 g/mol. The second-order valence-electron chi connectivity index (χ2n) is 5.97. The lowest BCUT2D eigenvalue weighted by molar-refractivity contribution is 0.0622. The topological polar surface area (TPSA) is 28.5 Å². The van der Waals surface area contributed by atoms with E-state index < -0.39 is 0 Å². The molecule has 0 radical (unpaired) electrons. The highest BCUT2D eigenvalue weighted by Crippen LogP contribution is 2.16. The fraction of sp³-hybridized carbons (Fsp3) is 0.667. The quantitative estimate of drug-likeness (QED) is 0.842. The summed E-state index contributed by atoms with van der Waals surface area (Å²) in [5.74, 6) is 0.886. The Balaban J connectivity index is 1.87. The molecule has 0 aromatic carbocycles. The summed E-state index contributed by atoms with van der Waals surface area (Å²) in [4.78, 5) is 16.9. The van der Waals surface area contributed by atoms with Crippen molar-refractivity contribution in [1.29, 1.82) is 0 Å². The maximum absolute atomic E-state index is 12.5. The van der Waals surface area contributed by atoms with Crippen LogP contribution in [0.2, 0.25) is 0 Å². The number of carbonyl (C=O) groups excluding carboxylic acids is 1. The van der Waals surface area contributed by atoms with Crippen LogP contribution in [0.15, 0.2) is 16.7 Å². The summed E-state index contributed by atoms with van der Waals surface area (Å²) in [6.07, 6.45) is 3.16. The number of amides is 1. The van der Waals surface area contributed by atoms with Crippen molar-refractivity contribution < 1.29 is 4.79 Å². The summed E-state index contributed by atoms with van der Waals surface area (Å²) < 4.78 is 2.84. The van der Waals surface area contributed by atoms with E-state index in [0.717, 1.165) is 48.8 Å². The van der Waals surface area contributed by atoms with Crippen LogP contribution in [0.3, 0.4) is 0 Å². The van der Waals surface area contributed by atoms with Gasteiger partial charge in [0, 0.05) is 43.9 Å². The number of rotatable bonds is 4. The summed E-state index contributed by atoms with van der Waals surface area (Å²) in [6.45, 7) is 9.31. The molecule has 1 amide bonds. The minimum atomic E-state index is 0.140. The first-order valence-corrected chi connectivity index (χ1v) is 8.10. The Morgan fingerprint density at radius 1 is 1.30 bits per heavy atom. The molecule has 2 heterocycles. The van der Waals surface area contributed by atoms with Crippen molar-refractivity contribution in [1.82, 2.24) is 14.4 Å². The van der Waals surface area contributed by atoms with Gasteiger partial charge in [0.25, 0.3) is 5.91 Å². The van der Waals surface area contributed by atoms with E-state index in [1.165, 1.54) is 6.42 Å². The zero-order valence-electron chi connectivity index (χ0n) is 12.6. The van der Waals surface area contributed by atoms with E-state index in [9.17, 15) is 4.79 Å². The van der Waals surface area contributed by atoms with Crippen LogP contribution >= 0.6 is 15.9 Å². The van der Waals surface area contributed by atoms with E-state index in [1.54, 1.807) is 0 Å². The van der Waals surface area contributed by atoms with Gasteiger partial charge in [0.15, 0.2) is 0 Å². The molecule has 0 unspecified atom stereocenters. The Morgan fingerprint density at radius 3 is 2.45 bits per heavy atom. The summed E-state index contributed by atoms with van der Waals surface area (Å²) in [7, 11) is 1.91. The number of halogens is 1. The summed E-state index contributed by atoms with van der Waals surface area (Å²) >= 11 is 3.42. The van der Waals surface area contributed by atoms with Crippen molar-refractivity contribution in [3.8, 4) is 0 Å². The molecule has 0 N–H and O–H groups in total. The highest BCUT2D eigenvalue weighted by Gasteiger charge is 2.23. The third kappa shape index (κ3) is 3.85. The van der Waals surface area contributed by atoms with Crippen molar-refractivity contribution in [3.63, 3.8) is 0 Å². The Kier molecular flexibility index (Phi) is 5.27. The molecule has 1 saturated heterocycles. The van der Waals surface area contributed by atoms with Gasteiger partial charge in [0.05, 0.1) is 0 Å². The van der Waals surface area contributed by atoms with Gasteiger partial charge < -0.3 is 9.47 Å². The van der Waals surface area contributed by atoms with Crippen molar-refractivity contribution in [3.05, 3.63) is 22.4 Å². The Hall–Kier alpha value is -0.810. The summed E-state index contributed by atoms with van der Waals surface area (Å²) in [5, 5.41) is 0. The zero-order chi connectivity index (χ0) is 14.7. The van der Waals surface area contributed by atoms with Crippen LogP contribution in [-0.2, 0) is 7.05 Å². The number of carbonyl (C=O) groups is 1. The van der Waals surface area contributed by atoms with E-state index in [1.807, 2.05) is 28.8 Å².